The van der Waals surface area contributed by atoms with Gasteiger partial charge in [-0.3, -0.25) is 0 Å². The Kier molecular flexibility index (Phi) is 3.17. The zero-order valence-corrected chi connectivity index (χ0v) is 7.34. The highest BCUT2D eigenvalue weighted by atomic mass is 32.2. The molecule has 1 heterocycles. The Morgan fingerprint density at radius 2 is 2.00 bits per heavy atom. The molecular formula is C9H11NS+. The van der Waals surface area contributed by atoms with E-state index in [-0.39, 0.29) is 0 Å². The lowest BCUT2D eigenvalue weighted by Gasteiger charge is -1.98. The number of nitrogens with zero attached hydrogens (tertiary/aromatic N) is 1. The molecule has 0 bridgehead atoms. The van der Waals surface area contributed by atoms with E-state index < -0.39 is 0 Å². The minimum Gasteiger partial charge on any atom is -0.182 e. The summed E-state index contributed by atoms with van der Waals surface area (Å²) in [6.45, 7) is 5.72. The summed E-state index contributed by atoms with van der Waals surface area (Å²) in [4.78, 5) is 0. The molecule has 0 amide bonds. The fourth-order valence-corrected chi connectivity index (χ4v) is 1.27. The first-order valence-electron chi connectivity index (χ1n) is 3.42. The van der Waals surface area contributed by atoms with E-state index in [1.807, 2.05) is 36.0 Å². The van der Waals surface area contributed by atoms with Crippen LogP contribution in [0.5, 0.6) is 0 Å². The number of thioether (sulfide) groups is 1. The summed E-state index contributed by atoms with van der Waals surface area (Å²) < 4.78 is 2.06. The molecule has 0 aromatic carbocycles. The van der Waals surface area contributed by atoms with Gasteiger partial charge < -0.3 is 0 Å². The summed E-state index contributed by atoms with van der Waals surface area (Å²) in [5.74, 6) is 0. The van der Waals surface area contributed by atoms with Crippen molar-refractivity contribution in [3.63, 3.8) is 0 Å². The summed E-state index contributed by atoms with van der Waals surface area (Å²) in [7, 11) is 0. The highest BCUT2D eigenvalue weighted by Gasteiger charge is 2.11. The molecule has 0 atom stereocenters. The van der Waals surface area contributed by atoms with Crippen LogP contribution >= 0.6 is 11.8 Å². The van der Waals surface area contributed by atoms with Crippen molar-refractivity contribution in [1.82, 2.24) is 0 Å². The lowest BCUT2D eigenvalue weighted by molar-refractivity contribution is -0.640. The molecule has 0 N–H and O–H groups in total. The molecule has 0 aliphatic rings. The van der Waals surface area contributed by atoms with Crippen LogP contribution in [-0.2, 0) is 0 Å². The van der Waals surface area contributed by atoms with Gasteiger partial charge in [-0.2, -0.15) is 4.57 Å². The molecule has 1 aromatic heterocycles. The average molecular weight is 165 g/mol. The minimum atomic E-state index is 1.21. The zero-order chi connectivity index (χ0) is 8.10. The molecular weight excluding hydrogens is 154 g/mol. The van der Waals surface area contributed by atoms with Gasteiger partial charge in [0.15, 0.2) is 12.4 Å². The number of aromatic nitrogens is 1. The molecule has 0 spiro atoms. The number of hydrogen-bond acceptors (Lipinski definition) is 1. The Hall–Kier alpha value is -0.760. The van der Waals surface area contributed by atoms with Crippen LogP contribution in [0.25, 0.3) is 0 Å². The predicted octanol–water partition coefficient (Wildman–Crippen LogP) is 2.21. The van der Waals surface area contributed by atoms with Crippen LogP contribution in [0.4, 0.5) is 0 Å². The zero-order valence-electron chi connectivity index (χ0n) is 6.53. The maximum atomic E-state index is 3.65. The first kappa shape index (κ1) is 8.34. The molecule has 0 aliphatic carbocycles. The van der Waals surface area contributed by atoms with Gasteiger partial charge in [-0.05, 0) is 17.2 Å². The van der Waals surface area contributed by atoms with Crippen molar-refractivity contribution in [2.75, 3.05) is 0 Å². The standard InChI is InChI=1S/C9H11NS/c1-3-11-9(2)10-7-5-4-6-8-10/h3-8H,1H2,2H3/q+1. The van der Waals surface area contributed by atoms with E-state index in [4.69, 9.17) is 0 Å². The summed E-state index contributed by atoms with van der Waals surface area (Å²) in [6.07, 6.45) is 4.04. The first-order valence-corrected chi connectivity index (χ1v) is 4.30. The van der Waals surface area contributed by atoms with Crippen molar-refractivity contribution in [3.8, 4) is 0 Å². The van der Waals surface area contributed by atoms with Crippen LogP contribution in [0.2, 0.25) is 0 Å². The molecule has 57 valence electrons. The smallest absolute Gasteiger partial charge is 0.182 e. The molecule has 0 aliphatic heterocycles. The number of pyridine rings is 1. The third-order valence-corrected chi connectivity index (χ3v) is 2.05. The monoisotopic (exact) mass is 165 g/mol. The Balaban J connectivity index is 2.68. The fraction of sp³-hybridized carbons (Fsp3) is 0.111. The van der Waals surface area contributed by atoms with Crippen molar-refractivity contribution < 1.29 is 4.57 Å². The third-order valence-electron chi connectivity index (χ3n) is 1.33. The highest BCUT2D eigenvalue weighted by molar-refractivity contribution is 8.04. The van der Waals surface area contributed by atoms with Crippen LogP contribution in [0.15, 0.2) is 42.6 Å². The van der Waals surface area contributed by atoms with Gasteiger partial charge in [-0.1, -0.05) is 12.6 Å². The molecule has 1 rings (SSSR count). The third kappa shape index (κ3) is 2.39. The topological polar surface area (TPSA) is 3.88 Å². The molecule has 11 heavy (non-hydrogen) atoms. The van der Waals surface area contributed by atoms with Crippen LogP contribution < -0.4 is 4.57 Å². The van der Waals surface area contributed by atoms with Crippen molar-refractivity contribution in [3.05, 3.63) is 48.0 Å². The van der Waals surface area contributed by atoms with Gasteiger partial charge in [0.2, 0.25) is 0 Å². The summed E-state index contributed by atoms with van der Waals surface area (Å²) in [6, 6.07) is 6.02. The summed E-state index contributed by atoms with van der Waals surface area (Å²) in [5.41, 5.74) is 0. The Morgan fingerprint density at radius 1 is 1.36 bits per heavy atom. The quantitative estimate of drug-likeness (QED) is 0.621. The molecule has 0 saturated heterocycles. The summed E-state index contributed by atoms with van der Waals surface area (Å²) >= 11 is 1.63. The van der Waals surface area contributed by atoms with Crippen LogP contribution in [0.3, 0.4) is 0 Å². The van der Waals surface area contributed by atoms with Gasteiger partial charge in [0.25, 0.3) is 5.37 Å². The fourth-order valence-electron chi connectivity index (χ4n) is 0.790. The van der Waals surface area contributed by atoms with Crippen molar-refractivity contribution in [2.45, 2.75) is 6.92 Å². The predicted molar refractivity (Wildman–Crippen MR) is 48.7 cm³/mol. The average Bonchev–Trinajstić information content (AvgIpc) is 2.07. The molecule has 1 aromatic rings. The second-order valence-electron chi connectivity index (χ2n) is 2.09. The minimum absolute atomic E-state index is 1.21. The number of hydrogen-bond donors (Lipinski definition) is 0. The van der Waals surface area contributed by atoms with Crippen molar-refractivity contribution >= 4 is 11.8 Å². The van der Waals surface area contributed by atoms with E-state index in [1.54, 1.807) is 11.8 Å². The molecule has 2 heteroatoms. The Labute approximate surface area is 71.8 Å². The van der Waals surface area contributed by atoms with Gasteiger partial charge >= 0.3 is 0 Å². The maximum absolute atomic E-state index is 3.65. The van der Waals surface area contributed by atoms with E-state index in [0.717, 1.165) is 0 Å². The largest absolute Gasteiger partial charge is 0.288 e. The molecule has 0 saturated carbocycles. The normalized spacial score (nSPS) is 10.0. The van der Waals surface area contributed by atoms with Crippen LogP contribution in [0.1, 0.15) is 6.92 Å². The molecule has 0 unspecified atom stereocenters. The van der Waals surface area contributed by atoms with E-state index in [1.165, 1.54) is 5.37 Å². The summed E-state index contributed by atoms with van der Waals surface area (Å²) in [5, 5.41) is 3.04. The Morgan fingerprint density at radius 3 is 2.55 bits per heavy atom. The molecule has 1 nitrogen and oxygen atoms in total. The SMILES string of the molecule is C=CS[C](C)[n+]1ccccc1. The number of rotatable bonds is 3. The second kappa shape index (κ2) is 4.19. The first-order chi connectivity index (χ1) is 5.34. The van der Waals surface area contributed by atoms with Crippen molar-refractivity contribution in [2.24, 2.45) is 0 Å². The van der Waals surface area contributed by atoms with Crippen LogP contribution in [0, 0.1) is 5.37 Å². The molecule has 0 fully saturated rings. The van der Waals surface area contributed by atoms with E-state index in [0.29, 0.717) is 0 Å². The van der Waals surface area contributed by atoms with Gasteiger partial charge in [-0.25, -0.2) is 0 Å². The van der Waals surface area contributed by atoms with Gasteiger partial charge in [0.1, 0.15) is 0 Å². The lowest BCUT2D eigenvalue weighted by atomic mass is 10.5. The Bertz CT molecular complexity index is 220. The van der Waals surface area contributed by atoms with E-state index in [9.17, 15) is 0 Å². The van der Waals surface area contributed by atoms with E-state index >= 15 is 0 Å². The highest BCUT2D eigenvalue weighted by Crippen LogP contribution is 2.13. The van der Waals surface area contributed by atoms with Gasteiger partial charge in [0.05, 0.1) is 0 Å². The lowest BCUT2D eigenvalue weighted by Crippen LogP contribution is -2.35. The van der Waals surface area contributed by atoms with Gasteiger partial charge in [-0.15, -0.1) is 0 Å². The second-order valence-corrected chi connectivity index (χ2v) is 3.25. The van der Waals surface area contributed by atoms with Crippen molar-refractivity contribution in [1.29, 1.82) is 0 Å². The van der Waals surface area contributed by atoms with Crippen LogP contribution in [-0.4, -0.2) is 0 Å². The maximum Gasteiger partial charge on any atom is 0.288 e. The van der Waals surface area contributed by atoms with Gasteiger partial charge in [0, 0.05) is 19.1 Å². The van der Waals surface area contributed by atoms with E-state index in [2.05, 4.69) is 18.1 Å². The molecule has 1 radical (unpaired) electrons.